The number of methoxy groups -OCH3 is 3. The summed E-state index contributed by atoms with van der Waals surface area (Å²) in [5.74, 6) is 0.517. The Balaban J connectivity index is 1.26. The molecule has 3 aliphatic heterocycles. The van der Waals surface area contributed by atoms with E-state index in [2.05, 4.69) is 15.5 Å². The average Bonchev–Trinajstić information content (AvgIpc) is 2.99. The number of nitrogens with zero attached hydrogens (tertiary/aromatic N) is 2. The van der Waals surface area contributed by atoms with Crippen LogP contribution in [0.3, 0.4) is 0 Å². The number of amides is 2. The standard InChI is InChI=1S/C30H53N5O5/c1-38-21-10-7-20(8-11-21)18-32-29(36)22-17-23-28(33-26-6-4-5-14-34(26)30(23)37)35(27(22)31)15-13-19-9-12-24(39-2)25(16-19)40-3/h19-28,33H,4-18,31H2,1-3H3,(H,32,36). The van der Waals surface area contributed by atoms with Crippen LogP contribution in [0.25, 0.3) is 0 Å². The molecule has 5 fully saturated rings. The zero-order valence-corrected chi connectivity index (χ0v) is 24.9. The minimum Gasteiger partial charge on any atom is -0.381 e. The second-order valence-corrected chi connectivity index (χ2v) is 13.0. The summed E-state index contributed by atoms with van der Waals surface area (Å²) in [5, 5.41) is 7.05. The number of nitrogens with one attached hydrogen (secondary N) is 2. The predicted molar refractivity (Wildman–Crippen MR) is 152 cm³/mol. The lowest BCUT2D eigenvalue weighted by atomic mass is 9.79. The molecule has 3 saturated heterocycles. The largest absolute Gasteiger partial charge is 0.381 e. The van der Waals surface area contributed by atoms with Gasteiger partial charge in [0.15, 0.2) is 0 Å². The van der Waals surface area contributed by atoms with Crippen molar-refractivity contribution in [2.45, 2.75) is 114 Å². The smallest absolute Gasteiger partial charge is 0.229 e. The van der Waals surface area contributed by atoms with Crippen LogP contribution in [-0.2, 0) is 23.8 Å². The van der Waals surface area contributed by atoms with Crippen molar-refractivity contribution in [1.82, 2.24) is 20.4 Å². The maximum atomic E-state index is 13.8. The van der Waals surface area contributed by atoms with Crippen LogP contribution < -0.4 is 16.4 Å². The summed E-state index contributed by atoms with van der Waals surface area (Å²) >= 11 is 0. The SMILES string of the molecule is COC1CCC(CNC(=O)C2CC3C(=O)N4CCCCC4NC3N(CCC3CCC(OC)C(OC)C3)C2N)CC1. The predicted octanol–water partition coefficient (Wildman–Crippen LogP) is 2.02. The van der Waals surface area contributed by atoms with Gasteiger partial charge in [0.1, 0.15) is 0 Å². The van der Waals surface area contributed by atoms with Crippen LogP contribution in [0.5, 0.6) is 0 Å². The fraction of sp³-hybridized carbons (Fsp3) is 0.933. The first kappa shape index (κ1) is 30.2. The van der Waals surface area contributed by atoms with Crippen LogP contribution in [0.4, 0.5) is 0 Å². The molecule has 2 aliphatic carbocycles. The Labute approximate surface area is 240 Å². The molecule has 40 heavy (non-hydrogen) atoms. The molecule has 2 amide bonds. The van der Waals surface area contributed by atoms with E-state index in [1.807, 2.05) is 4.90 Å². The second kappa shape index (κ2) is 13.8. The summed E-state index contributed by atoms with van der Waals surface area (Å²) in [5.41, 5.74) is 6.94. The second-order valence-electron chi connectivity index (χ2n) is 13.0. The van der Waals surface area contributed by atoms with Gasteiger partial charge in [0.25, 0.3) is 0 Å². The minimum absolute atomic E-state index is 0.00145. The summed E-state index contributed by atoms with van der Waals surface area (Å²) in [4.78, 5) is 31.7. The van der Waals surface area contributed by atoms with Crippen LogP contribution in [0.1, 0.15) is 77.0 Å². The Kier molecular flexibility index (Phi) is 10.4. The highest BCUT2D eigenvalue weighted by Crippen LogP contribution is 2.38. The summed E-state index contributed by atoms with van der Waals surface area (Å²) < 4.78 is 16.9. The van der Waals surface area contributed by atoms with Gasteiger partial charge < -0.3 is 30.2 Å². The van der Waals surface area contributed by atoms with Crippen molar-refractivity contribution in [3.05, 3.63) is 0 Å². The molecule has 4 N–H and O–H groups in total. The van der Waals surface area contributed by atoms with Gasteiger partial charge in [-0.25, -0.2) is 0 Å². The lowest BCUT2D eigenvalue weighted by Crippen LogP contribution is -2.74. The van der Waals surface area contributed by atoms with Crippen LogP contribution >= 0.6 is 0 Å². The summed E-state index contributed by atoms with van der Waals surface area (Å²) in [7, 11) is 5.31. The molecule has 228 valence electrons. The Morgan fingerprint density at radius 3 is 2.42 bits per heavy atom. The number of hydrogen-bond acceptors (Lipinski definition) is 8. The van der Waals surface area contributed by atoms with Gasteiger partial charge in [-0.15, -0.1) is 0 Å². The normalized spacial score (nSPS) is 40.8. The van der Waals surface area contributed by atoms with E-state index in [4.69, 9.17) is 19.9 Å². The van der Waals surface area contributed by atoms with Gasteiger partial charge in [-0.05, 0) is 88.9 Å². The number of carbonyl (C=O) groups excluding carboxylic acids is 2. The van der Waals surface area contributed by atoms with Gasteiger partial charge in [-0.1, -0.05) is 0 Å². The van der Waals surface area contributed by atoms with E-state index in [0.717, 1.165) is 83.7 Å². The minimum atomic E-state index is -0.422. The fourth-order valence-electron chi connectivity index (χ4n) is 8.21. The van der Waals surface area contributed by atoms with E-state index in [1.54, 1.807) is 21.3 Å². The quantitative estimate of drug-likeness (QED) is 0.390. The van der Waals surface area contributed by atoms with Gasteiger partial charge in [-0.2, -0.15) is 0 Å². The Bertz CT molecular complexity index is 854. The number of ether oxygens (including phenoxy) is 3. The van der Waals surface area contributed by atoms with Crippen molar-refractivity contribution in [2.24, 2.45) is 29.4 Å². The molecule has 0 aromatic rings. The Hall–Kier alpha value is -1.30. The van der Waals surface area contributed by atoms with E-state index in [1.165, 1.54) is 0 Å². The summed E-state index contributed by atoms with van der Waals surface area (Å²) in [6.07, 6.45) is 12.0. The van der Waals surface area contributed by atoms with E-state index in [0.29, 0.717) is 30.9 Å². The number of nitrogens with two attached hydrogens (primary N) is 1. The lowest BCUT2D eigenvalue weighted by molar-refractivity contribution is -0.163. The molecule has 0 spiro atoms. The topological polar surface area (TPSA) is 118 Å². The van der Waals surface area contributed by atoms with E-state index < -0.39 is 12.1 Å². The molecule has 8 atom stereocenters. The molecular formula is C30H53N5O5. The number of likely N-dealkylation sites (tertiary alicyclic amines) is 1. The van der Waals surface area contributed by atoms with Crippen molar-refractivity contribution in [3.63, 3.8) is 0 Å². The molecule has 0 aromatic carbocycles. The Morgan fingerprint density at radius 1 is 0.950 bits per heavy atom. The molecule has 5 aliphatic rings. The zero-order chi connectivity index (χ0) is 28.2. The number of hydrogen-bond donors (Lipinski definition) is 3. The molecular weight excluding hydrogens is 510 g/mol. The molecule has 5 rings (SSSR count). The van der Waals surface area contributed by atoms with Crippen molar-refractivity contribution >= 4 is 11.8 Å². The van der Waals surface area contributed by atoms with Crippen LogP contribution in [-0.4, -0.2) is 99.4 Å². The zero-order valence-electron chi connectivity index (χ0n) is 24.9. The van der Waals surface area contributed by atoms with Gasteiger partial charge >= 0.3 is 0 Å². The first-order valence-corrected chi connectivity index (χ1v) is 15.9. The van der Waals surface area contributed by atoms with Crippen molar-refractivity contribution in [2.75, 3.05) is 41.0 Å². The lowest BCUT2D eigenvalue weighted by Gasteiger charge is -2.55. The average molecular weight is 564 g/mol. The molecule has 8 unspecified atom stereocenters. The maximum absolute atomic E-state index is 13.8. The van der Waals surface area contributed by atoms with E-state index >= 15 is 0 Å². The third kappa shape index (κ3) is 6.52. The van der Waals surface area contributed by atoms with Gasteiger partial charge in [0, 0.05) is 41.0 Å². The molecule has 0 aromatic heterocycles. The number of carbonyl (C=O) groups is 2. The molecule has 10 heteroatoms. The molecule has 0 bridgehead atoms. The summed E-state index contributed by atoms with van der Waals surface area (Å²) in [6.45, 7) is 2.24. The van der Waals surface area contributed by atoms with Crippen molar-refractivity contribution in [1.29, 1.82) is 0 Å². The van der Waals surface area contributed by atoms with Gasteiger partial charge in [0.05, 0.1) is 48.6 Å². The highest BCUT2D eigenvalue weighted by molar-refractivity contribution is 5.84. The molecule has 0 radical (unpaired) electrons. The van der Waals surface area contributed by atoms with E-state index in [9.17, 15) is 9.59 Å². The molecule has 2 saturated carbocycles. The van der Waals surface area contributed by atoms with Crippen LogP contribution in [0.15, 0.2) is 0 Å². The third-order valence-corrected chi connectivity index (χ3v) is 10.8. The molecule has 3 heterocycles. The van der Waals surface area contributed by atoms with Crippen molar-refractivity contribution in [3.8, 4) is 0 Å². The van der Waals surface area contributed by atoms with E-state index in [-0.39, 0.29) is 42.3 Å². The van der Waals surface area contributed by atoms with Crippen molar-refractivity contribution < 1.29 is 23.8 Å². The van der Waals surface area contributed by atoms with Gasteiger partial charge in [0.2, 0.25) is 11.8 Å². The monoisotopic (exact) mass is 563 g/mol. The van der Waals surface area contributed by atoms with Gasteiger partial charge in [-0.3, -0.25) is 19.8 Å². The Morgan fingerprint density at radius 2 is 1.70 bits per heavy atom. The third-order valence-electron chi connectivity index (χ3n) is 10.8. The highest BCUT2D eigenvalue weighted by Gasteiger charge is 2.52. The number of piperidine rings is 2. The molecule has 10 nitrogen and oxygen atoms in total. The van der Waals surface area contributed by atoms with Crippen LogP contribution in [0, 0.1) is 23.7 Å². The first-order valence-electron chi connectivity index (χ1n) is 15.9. The number of rotatable bonds is 9. The summed E-state index contributed by atoms with van der Waals surface area (Å²) in [6, 6.07) is 0. The maximum Gasteiger partial charge on any atom is 0.229 e. The number of fused-ring (bicyclic) bond motifs is 2. The highest BCUT2D eigenvalue weighted by atomic mass is 16.5. The van der Waals surface area contributed by atoms with Crippen LogP contribution in [0.2, 0.25) is 0 Å². The first-order chi connectivity index (χ1) is 19.4. The fourth-order valence-corrected chi connectivity index (χ4v) is 8.21.